The first-order valence-corrected chi connectivity index (χ1v) is 7.11. The van der Waals surface area contributed by atoms with Gasteiger partial charge in [0.15, 0.2) is 17.6 Å². The molecule has 0 radical (unpaired) electrons. The summed E-state index contributed by atoms with van der Waals surface area (Å²) < 4.78 is 11.0. The highest BCUT2D eigenvalue weighted by molar-refractivity contribution is 7.99. The van der Waals surface area contributed by atoms with Crippen molar-refractivity contribution in [2.75, 3.05) is 18.6 Å². The molecule has 104 valence electrons. The van der Waals surface area contributed by atoms with Gasteiger partial charge < -0.3 is 19.7 Å². The molecule has 2 rings (SSSR count). The number of carboxylic acid groups (broad SMARTS) is 1. The van der Waals surface area contributed by atoms with E-state index in [1.165, 1.54) is 13.2 Å². The molecule has 1 saturated heterocycles. The molecule has 1 aliphatic heterocycles. The highest BCUT2D eigenvalue weighted by atomic mass is 32.2. The summed E-state index contributed by atoms with van der Waals surface area (Å²) in [6.45, 7) is 0. The summed E-state index contributed by atoms with van der Waals surface area (Å²) in [7, 11) is 1.43. The van der Waals surface area contributed by atoms with Crippen LogP contribution in [0.5, 0.6) is 11.5 Å². The lowest BCUT2D eigenvalue weighted by Crippen LogP contribution is -2.17. The van der Waals surface area contributed by atoms with E-state index in [2.05, 4.69) is 0 Å². The number of methoxy groups -OCH3 is 1. The molecule has 1 aromatic rings. The molecule has 0 aromatic heterocycles. The molecule has 1 fully saturated rings. The highest BCUT2D eigenvalue weighted by Crippen LogP contribution is 2.36. The average molecular weight is 284 g/mol. The van der Waals surface area contributed by atoms with E-state index in [4.69, 9.17) is 14.6 Å². The lowest BCUT2D eigenvalue weighted by molar-refractivity contribution is -0.147. The van der Waals surface area contributed by atoms with Gasteiger partial charge in [0.1, 0.15) is 6.10 Å². The molecular weight excluding hydrogens is 268 g/mol. The van der Waals surface area contributed by atoms with Crippen LogP contribution in [-0.4, -0.2) is 40.9 Å². The van der Waals surface area contributed by atoms with Crippen molar-refractivity contribution in [3.8, 4) is 11.5 Å². The molecule has 2 unspecified atom stereocenters. The van der Waals surface area contributed by atoms with Gasteiger partial charge in [0.2, 0.25) is 0 Å². The van der Waals surface area contributed by atoms with Crippen LogP contribution in [-0.2, 0) is 4.79 Å². The summed E-state index contributed by atoms with van der Waals surface area (Å²) in [4.78, 5) is 10.9. The van der Waals surface area contributed by atoms with Crippen molar-refractivity contribution in [1.82, 2.24) is 0 Å². The number of aliphatic carboxylic acids is 1. The lowest BCUT2D eigenvalue weighted by Gasteiger charge is -2.18. The third-order valence-corrected chi connectivity index (χ3v) is 4.06. The number of hydrogen-bond donors (Lipinski definition) is 2. The number of carbonyl (C=O) groups is 1. The fraction of sp³-hybridized carbons (Fsp3) is 0.462. The van der Waals surface area contributed by atoms with Gasteiger partial charge in [0.05, 0.1) is 7.11 Å². The van der Waals surface area contributed by atoms with E-state index >= 15 is 0 Å². The van der Waals surface area contributed by atoms with Gasteiger partial charge in [-0.25, -0.2) is 4.79 Å². The zero-order valence-electron chi connectivity index (χ0n) is 10.5. The Kier molecular flexibility index (Phi) is 4.55. The van der Waals surface area contributed by atoms with Crippen molar-refractivity contribution >= 4 is 17.7 Å². The zero-order valence-corrected chi connectivity index (χ0v) is 11.4. The fourth-order valence-corrected chi connectivity index (χ4v) is 3.07. The van der Waals surface area contributed by atoms with Crippen molar-refractivity contribution in [2.24, 2.45) is 0 Å². The van der Waals surface area contributed by atoms with Crippen LogP contribution in [0.15, 0.2) is 18.2 Å². The molecule has 0 aliphatic carbocycles. The molecule has 0 spiro atoms. The maximum Gasteiger partial charge on any atom is 0.337 e. The van der Waals surface area contributed by atoms with E-state index in [0.29, 0.717) is 5.75 Å². The van der Waals surface area contributed by atoms with Crippen molar-refractivity contribution in [1.29, 1.82) is 0 Å². The summed E-state index contributed by atoms with van der Waals surface area (Å²) in [6.07, 6.45) is -0.549. The van der Waals surface area contributed by atoms with Gasteiger partial charge in [-0.2, -0.15) is 11.8 Å². The summed E-state index contributed by atoms with van der Waals surface area (Å²) in [5.41, 5.74) is 0.207. The second kappa shape index (κ2) is 6.16. The Morgan fingerprint density at radius 1 is 1.53 bits per heavy atom. The second-order valence-electron chi connectivity index (χ2n) is 4.22. The van der Waals surface area contributed by atoms with Crippen LogP contribution in [0.25, 0.3) is 0 Å². The maximum absolute atomic E-state index is 10.9. The van der Waals surface area contributed by atoms with Crippen LogP contribution in [0.2, 0.25) is 0 Å². The van der Waals surface area contributed by atoms with Crippen LogP contribution in [0, 0.1) is 0 Å². The Balaban J connectivity index is 2.27. The Morgan fingerprint density at radius 2 is 2.32 bits per heavy atom. The number of ether oxygens (including phenoxy) is 2. The Bertz CT molecular complexity index is 456. The van der Waals surface area contributed by atoms with Crippen LogP contribution < -0.4 is 9.47 Å². The highest BCUT2D eigenvalue weighted by Gasteiger charge is 2.25. The maximum atomic E-state index is 10.9. The van der Waals surface area contributed by atoms with E-state index in [1.807, 2.05) is 11.8 Å². The number of thioether (sulfide) groups is 1. The minimum absolute atomic E-state index is 0.108. The largest absolute Gasteiger partial charge is 0.492 e. The molecule has 6 heteroatoms. The molecule has 2 N–H and O–H groups in total. The zero-order chi connectivity index (χ0) is 13.8. The predicted octanol–water partition coefficient (Wildman–Crippen LogP) is 1.70. The van der Waals surface area contributed by atoms with Gasteiger partial charge >= 0.3 is 5.97 Å². The summed E-state index contributed by atoms with van der Waals surface area (Å²) >= 11 is 1.82. The molecular formula is C13H16O5S. The monoisotopic (exact) mass is 284 g/mol. The standard InChI is InChI=1S/C13H16O5S/c1-17-12-9(11(14)13(15)16)3-2-4-10(12)18-8-5-6-19-7-8/h2-4,8,11,14H,5-7H2,1H3,(H,15,16). The number of carboxylic acids is 1. The third kappa shape index (κ3) is 3.13. The van der Waals surface area contributed by atoms with Crippen LogP contribution in [0.4, 0.5) is 0 Å². The topological polar surface area (TPSA) is 76.0 Å². The normalized spacial score (nSPS) is 20.0. The van der Waals surface area contributed by atoms with E-state index in [0.717, 1.165) is 17.9 Å². The average Bonchev–Trinajstić information content (AvgIpc) is 2.90. The summed E-state index contributed by atoms with van der Waals surface area (Å²) in [5.74, 6) is 1.42. The number of hydrogen-bond acceptors (Lipinski definition) is 5. The first kappa shape index (κ1) is 14.0. The van der Waals surface area contributed by atoms with Gasteiger partial charge in [-0.05, 0) is 18.2 Å². The number of para-hydroxylation sites is 1. The quantitative estimate of drug-likeness (QED) is 0.857. The van der Waals surface area contributed by atoms with Gasteiger partial charge in [0, 0.05) is 11.3 Å². The van der Waals surface area contributed by atoms with Crippen molar-refractivity contribution < 1.29 is 24.5 Å². The minimum Gasteiger partial charge on any atom is -0.492 e. The molecule has 0 saturated carbocycles. The van der Waals surface area contributed by atoms with E-state index in [1.54, 1.807) is 12.1 Å². The molecule has 19 heavy (non-hydrogen) atoms. The van der Waals surface area contributed by atoms with Crippen molar-refractivity contribution in [3.05, 3.63) is 23.8 Å². The Morgan fingerprint density at radius 3 is 2.89 bits per heavy atom. The van der Waals surface area contributed by atoms with Crippen LogP contribution >= 0.6 is 11.8 Å². The van der Waals surface area contributed by atoms with E-state index in [9.17, 15) is 9.90 Å². The van der Waals surface area contributed by atoms with Crippen LogP contribution in [0.3, 0.4) is 0 Å². The molecule has 0 amide bonds. The van der Waals surface area contributed by atoms with E-state index in [-0.39, 0.29) is 17.4 Å². The second-order valence-corrected chi connectivity index (χ2v) is 5.37. The van der Waals surface area contributed by atoms with Crippen molar-refractivity contribution in [2.45, 2.75) is 18.6 Å². The van der Waals surface area contributed by atoms with Gasteiger partial charge in [0.25, 0.3) is 0 Å². The van der Waals surface area contributed by atoms with Crippen molar-refractivity contribution in [3.63, 3.8) is 0 Å². The van der Waals surface area contributed by atoms with Gasteiger partial charge in [-0.3, -0.25) is 0 Å². The minimum atomic E-state index is -1.61. The first-order chi connectivity index (χ1) is 9.13. The number of benzene rings is 1. The van der Waals surface area contributed by atoms with Gasteiger partial charge in [-0.15, -0.1) is 0 Å². The lowest BCUT2D eigenvalue weighted by atomic mass is 10.1. The fourth-order valence-electron chi connectivity index (χ4n) is 1.98. The molecule has 5 nitrogen and oxygen atoms in total. The Labute approximate surface area is 115 Å². The molecule has 1 aliphatic rings. The molecule has 0 bridgehead atoms. The van der Waals surface area contributed by atoms with Crippen LogP contribution in [0.1, 0.15) is 18.1 Å². The number of rotatable bonds is 5. The number of aliphatic hydroxyl groups excluding tert-OH is 1. The molecule has 1 aromatic carbocycles. The van der Waals surface area contributed by atoms with Gasteiger partial charge in [-0.1, -0.05) is 12.1 Å². The SMILES string of the molecule is COc1c(OC2CCSC2)cccc1C(O)C(=O)O. The predicted molar refractivity (Wildman–Crippen MR) is 71.9 cm³/mol. The summed E-state index contributed by atoms with van der Waals surface area (Å²) in [6, 6.07) is 4.90. The number of aliphatic hydroxyl groups is 1. The van der Waals surface area contributed by atoms with E-state index < -0.39 is 12.1 Å². The molecule has 2 atom stereocenters. The molecule has 1 heterocycles. The Hall–Kier alpha value is -1.40. The summed E-state index contributed by atoms with van der Waals surface area (Å²) in [5, 5.41) is 18.5. The third-order valence-electron chi connectivity index (χ3n) is 2.92. The smallest absolute Gasteiger partial charge is 0.337 e. The first-order valence-electron chi connectivity index (χ1n) is 5.95.